The van der Waals surface area contributed by atoms with Crippen LogP contribution in [0.1, 0.15) is 0 Å². The summed E-state index contributed by atoms with van der Waals surface area (Å²) in [6.07, 6.45) is 3.25. The van der Waals surface area contributed by atoms with Crippen molar-refractivity contribution in [3.8, 4) is 0 Å². The molecule has 0 aliphatic rings. The van der Waals surface area contributed by atoms with E-state index < -0.39 is 5.97 Å². The maximum atomic E-state index is 11.9. The Morgan fingerprint density at radius 2 is 2.06 bits per heavy atom. The SMILES string of the molecule is CN(C)CCN(CC(=O)O)C(=O)Cn1cccn1. The van der Waals surface area contributed by atoms with E-state index in [0.29, 0.717) is 13.1 Å². The van der Waals surface area contributed by atoms with E-state index in [1.54, 1.807) is 18.5 Å². The van der Waals surface area contributed by atoms with Gasteiger partial charge in [0.15, 0.2) is 0 Å². The van der Waals surface area contributed by atoms with Crippen LogP contribution in [0.3, 0.4) is 0 Å². The fraction of sp³-hybridized carbons (Fsp3) is 0.545. The number of rotatable bonds is 7. The molecule has 0 fully saturated rings. The molecule has 0 aliphatic carbocycles. The van der Waals surface area contributed by atoms with Crippen molar-refractivity contribution in [2.75, 3.05) is 33.7 Å². The number of nitrogens with zero attached hydrogens (tertiary/aromatic N) is 4. The molecule has 0 aliphatic heterocycles. The minimum atomic E-state index is -1.01. The monoisotopic (exact) mass is 254 g/mol. The second-order valence-corrected chi connectivity index (χ2v) is 4.22. The standard InChI is InChI=1S/C11H18N4O3/c1-13(2)6-7-14(9-11(17)18)10(16)8-15-5-3-4-12-15/h3-5H,6-9H2,1-2H3,(H,17,18). The third kappa shape index (κ3) is 4.96. The molecule has 0 saturated heterocycles. The first-order chi connectivity index (χ1) is 8.49. The van der Waals surface area contributed by atoms with E-state index in [2.05, 4.69) is 5.10 Å². The Balaban J connectivity index is 2.57. The highest BCUT2D eigenvalue weighted by atomic mass is 16.4. The molecule has 0 spiro atoms. The highest BCUT2D eigenvalue weighted by molar-refractivity contribution is 5.81. The normalized spacial score (nSPS) is 10.6. The largest absolute Gasteiger partial charge is 0.480 e. The number of hydrogen-bond donors (Lipinski definition) is 1. The number of amides is 1. The maximum Gasteiger partial charge on any atom is 0.323 e. The van der Waals surface area contributed by atoms with E-state index in [9.17, 15) is 9.59 Å². The van der Waals surface area contributed by atoms with Crippen molar-refractivity contribution in [1.82, 2.24) is 19.6 Å². The molecule has 1 heterocycles. The first-order valence-corrected chi connectivity index (χ1v) is 5.60. The number of aromatic nitrogens is 2. The number of carbonyl (C=O) groups excluding carboxylic acids is 1. The van der Waals surface area contributed by atoms with Crippen LogP contribution in [-0.2, 0) is 16.1 Å². The van der Waals surface area contributed by atoms with Gasteiger partial charge in [-0.1, -0.05) is 0 Å². The van der Waals surface area contributed by atoms with Gasteiger partial charge in [0.2, 0.25) is 5.91 Å². The Hall–Kier alpha value is -1.89. The molecular formula is C11H18N4O3. The Kier molecular flexibility index (Phi) is 5.31. The Labute approximate surface area is 106 Å². The van der Waals surface area contributed by atoms with Gasteiger partial charge in [-0.3, -0.25) is 14.3 Å². The summed E-state index contributed by atoms with van der Waals surface area (Å²) >= 11 is 0. The van der Waals surface area contributed by atoms with E-state index in [4.69, 9.17) is 5.11 Å². The van der Waals surface area contributed by atoms with Crippen molar-refractivity contribution in [2.24, 2.45) is 0 Å². The molecule has 1 aromatic rings. The summed E-state index contributed by atoms with van der Waals surface area (Å²) in [7, 11) is 3.74. The fourth-order valence-corrected chi connectivity index (χ4v) is 1.41. The van der Waals surface area contributed by atoms with Crippen molar-refractivity contribution in [3.63, 3.8) is 0 Å². The average molecular weight is 254 g/mol. The number of likely N-dealkylation sites (N-methyl/N-ethyl adjacent to an activating group) is 1. The molecular weight excluding hydrogens is 236 g/mol. The summed E-state index contributed by atoms with van der Waals surface area (Å²) in [5.41, 5.74) is 0. The predicted molar refractivity (Wildman–Crippen MR) is 65.0 cm³/mol. The van der Waals surface area contributed by atoms with Crippen molar-refractivity contribution in [1.29, 1.82) is 0 Å². The Bertz CT molecular complexity index is 389. The predicted octanol–water partition coefficient (Wildman–Crippen LogP) is -0.642. The number of aliphatic carboxylic acids is 1. The van der Waals surface area contributed by atoms with Gasteiger partial charge in [-0.2, -0.15) is 5.10 Å². The van der Waals surface area contributed by atoms with Crippen molar-refractivity contribution >= 4 is 11.9 Å². The molecule has 7 heteroatoms. The molecule has 1 amide bonds. The Morgan fingerprint density at radius 1 is 1.33 bits per heavy atom. The minimum Gasteiger partial charge on any atom is -0.480 e. The highest BCUT2D eigenvalue weighted by Gasteiger charge is 2.17. The molecule has 0 radical (unpaired) electrons. The molecule has 0 atom stereocenters. The third-order valence-electron chi connectivity index (χ3n) is 2.35. The van der Waals surface area contributed by atoms with Crippen molar-refractivity contribution in [2.45, 2.75) is 6.54 Å². The molecule has 7 nitrogen and oxygen atoms in total. The first kappa shape index (κ1) is 14.2. The molecule has 0 bridgehead atoms. The van der Waals surface area contributed by atoms with E-state index in [1.165, 1.54) is 9.58 Å². The van der Waals surface area contributed by atoms with Gasteiger partial charge in [0.1, 0.15) is 13.1 Å². The third-order valence-corrected chi connectivity index (χ3v) is 2.35. The smallest absolute Gasteiger partial charge is 0.323 e. The summed E-state index contributed by atoms with van der Waals surface area (Å²) in [6.45, 7) is 0.791. The highest BCUT2D eigenvalue weighted by Crippen LogP contribution is 1.95. The lowest BCUT2D eigenvalue weighted by Crippen LogP contribution is -2.41. The first-order valence-electron chi connectivity index (χ1n) is 5.60. The number of carbonyl (C=O) groups is 2. The minimum absolute atomic E-state index is 0.0632. The van der Waals surface area contributed by atoms with Crippen LogP contribution in [0.15, 0.2) is 18.5 Å². The van der Waals surface area contributed by atoms with Gasteiger partial charge in [0.25, 0.3) is 0 Å². The van der Waals surface area contributed by atoms with E-state index in [-0.39, 0.29) is 19.0 Å². The van der Waals surface area contributed by atoms with Crippen LogP contribution in [-0.4, -0.2) is 70.3 Å². The van der Waals surface area contributed by atoms with Gasteiger partial charge in [-0.15, -0.1) is 0 Å². The lowest BCUT2D eigenvalue weighted by molar-refractivity contribution is -0.144. The van der Waals surface area contributed by atoms with E-state index in [1.807, 2.05) is 19.0 Å². The van der Waals surface area contributed by atoms with Gasteiger partial charge in [0, 0.05) is 25.5 Å². The summed E-state index contributed by atoms with van der Waals surface area (Å²) in [5, 5.41) is 12.7. The van der Waals surface area contributed by atoms with Gasteiger partial charge < -0.3 is 14.9 Å². The van der Waals surface area contributed by atoms with Crippen molar-refractivity contribution in [3.05, 3.63) is 18.5 Å². The summed E-state index contributed by atoms with van der Waals surface area (Å²) in [4.78, 5) is 25.9. The maximum absolute atomic E-state index is 11.9. The van der Waals surface area contributed by atoms with Crippen LogP contribution in [0.4, 0.5) is 0 Å². The zero-order valence-electron chi connectivity index (χ0n) is 10.6. The molecule has 0 unspecified atom stereocenters. The molecule has 100 valence electrons. The molecule has 18 heavy (non-hydrogen) atoms. The average Bonchev–Trinajstić information content (AvgIpc) is 2.76. The lowest BCUT2D eigenvalue weighted by atomic mass is 10.4. The van der Waals surface area contributed by atoms with E-state index >= 15 is 0 Å². The van der Waals surface area contributed by atoms with Crippen LogP contribution >= 0.6 is 0 Å². The van der Waals surface area contributed by atoms with Crippen LogP contribution in [0, 0.1) is 0 Å². The van der Waals surface area contributed by atoms with Gasteiger partial charge in [-0.25, -0.2) is 0 Å². The van der Waals surface area contributed by atoms with E-state index in [0.717, 1.165) is 0 Å². The second-order valence-electron chi connectivity index (χ2n) is 4.22. The van der Waals surface area contributed by atoms with Gasteiger partial charge >= 0.3 is 5.97 Å². The zero-order valence-corrected chi connectivity index (χ0v) is 10.6. The number of carboxylic acid groups (broad SMARTS) is 1. The topological polar surface area (TPSA) is 78.7 Å². The zero-order chi connectivity index (χ0) is 13.5. The second kappa shape index (κ2) is 6.75. The van der Waals surface area contributed by atoms with Crippen LogP contribution in [0.25, 0.3) is 0 Å². The number of carboxylic acids is 1. The molecule has 1 rings (SSSR count). The molecule has 1 N–H and O–H groups in total. The lowest BCUT2D eigenvalue weighted by Gasteiger charge is -2.22. The quantitative estimate of drug-likeness (QED) is 0.700. The van der Waals surface area contributed by atoms with Crippen LogP contribution < -0.4 is 0 Å². The summed E-state index contributed by atoms with van der Waals surface area (Å²) in [6, 6.07) is 1.72. The number of hydrogen-bond acceptors (Lipinski definition) is 4. The van der Waals surface area contributed by atoms with Crippen LogP contribution in [0.5, 0.6) is 0 Å². The van der Waals surface area contributed by atoms with Gasteiger partial charge in [-0.05, 0) is 20.2 Å². The summed E-state index contributed by atoms with van der Waals surface area (Å²) < 4.78 is 1.48. The Morgan fingerprint density at radius 3 is 2.56 bits per heavy atom. The molecule has 0 aromatic carbocycles. The fourth-order valence-electron chi connectivity index (χ4n) is 1.41. The van der Waals surface area contributed by atoms with Gasteiger partial charge in [0.05, 0.1) is 0 Å². The molecule has 1 aromatic heterocycles. The van der Waals surface area contributed by atoms with Crippen molar-refractivity contribution < 1.29 is 14.7 Å². The van der Waals surface area contributed by atoms with Crippen LogP contribution in [0.2, 0.25) is 0 Å². The molecule has 0 saturated carbocycles. The summed E-state index contributed by atoms with van der Waals surface area (Å²) in [5.74, 6) is -1.26.